The SMILES string of the molecule is CO[C@H](c1ccc(C(C)(O)CN2CC[C@H](O)C2)cc1C=O)N(C)Cc1ccc(Cl)cn1.Clc1ccccc1. The molecular weight excluding hydrogens is 525 g/mol. The van der Waals surface area contributed by atoms with E-state index in [9.17, 15) is 15.0 Å². The second-order valence-electron chi connectivity index (χ2n) is 9.68. The Hall–Kier alpha value is -2.36. The van der Waals surface area contributed by atoms with Crippen molar-refractivity contribution in [3.05, 3.63) is 99.3 Å². The third-order valence-electron chi connectivity index (χ3n) is 6.44. The number of halogens is 2. The zero-order chi connectivity index (χ0) is 27.7. The lowest BCUT2D eigenvalue weighted by molar-refractivity contribution is -0.0256. The number of hydrogen-bond acceptors (Lipinski definition) is 7. The van der Waals surface area contributed by atoms with Gasteiger partial charge in [-0.25, -0.2) is 0 Å². The van der Waals surface area contributed by atoms with Crippen LogP contribution in [0.1, 0.15) is 46.8 Å². The van der Waals surface area contributed by atoms with Crippen LogP contribution < -0.4 is 0 Å². The number of ether oxygens (including phenoxy) is 1. The number of nitrogens with zero attached hydrogens (tertiary/aromatic N) is 3. The van der Waals surface area contributed by atoms with Crippen molar-refractivity contribution in [1.29, 1.82) is 0 Å². The van der Waals surface area contributed by atoms with Crippen molar-refractivity contribution in [3.8, 4) is 0 Å². The summed E-state index contributed by atoms with van der Waals surface area (Å²) in [5.41, 5.74) is 1.50. The number of aliphatic hydroxyl groups excluding tert-OH is 1. The highest BCUT2D eigenvalue weighted by Gasteiger charge is 2.31. The lowest BCUT2D eigenvalue weighted by Gasteiger charge is -2.31. The number of aliphatic hydroxyl groups is 2. The molecule has 3 aromatic rings. The van der Waals surface area contributed by atoms with E-state index in [0.29, 0.717) is 47.8 Å². The van der Waals surface area contributed by atoms with E-state index in [0.717, 1.165) is 23.5 Å². The van der Waals surface area contributed by atoms with Crippen molar-refractivity contribution in [2.75, 3.05) is 33.8 Å². The number of aromatic nitrogens is 1. The summed E-state index contributed by atoms with van der Waals surface area (Å²) in [6.07, 6.45) is 2.27. The highest BCUT2D eigenvalue weighted by Crippen LogP contribution is 2.30. The van der Waals surface area contributed by atoms with Crippen molar-refractivity contribution in [2.24, 2.45) is 0 Å². The predicted octanol–water partition coefficient (Wildman–Crippen LogP) is 4.94. The first-order chi connectivity index (χ1) is 18.1. The average molecular weight is 561 g/mol. The molecule has 0 bridgehead atoms. The van der Waals surface area contributed by atoms with Gasteiger partial charge >= 0.3 is 0 Å². The molecular formula is C29H35Cl2N3O4. The normalized spacial score (nSPS) is 17.9. The number of hydrogen-bond donors (Lipinski definition) is 2. The van der Waals surface area contributed by atoms with Gasteiger partial charge in [0.2, 0.25) is 0 Å². The maximum atomic E-state index is 11.9. The molecule has 0 radical (unpaired) electrons. The monoisotopic (exact) mass is 559 g/mol. The number of methoxy groups -OCH3 is 1. The van der Waals surface area contributed by atoms with E-state index >= 15 is 0 Å². The zero-order valence-corrected chi connectivity index (χ0v) is 23.4. The molecule has 7 nitrogen and oxygen atoms in total. The summed E-state index contributed by atoms with van der Waals surface area (Å²) in [7, 11) is 3.48. The number of carbonyl (C=O) groups is 1. The van der Waals surface area contributed by atoms with Crippen molar-refractivity contribution in [1.82, 2.24) is 14.8 Å². The minimum atomic E-state index is -1.15. The van der Waals surface area contributed by atoms with Gasteiger partial charge in [0.15, 0.2) is 0 Å². The van der Waals surface area contributed by atoms with Gasteiger partial charge in [-0.15, -0.1) is 0 Å². The van der Waals surface area contributed by atoms with Crippen molar-refractivity contribution >= 4 is 29.5 Å². The Labute approximate surface area is 234 Å². The molecule has 0 spiro atoms. The third-order valence-corrected chi connectivity index (χ3v) is 6.91. The van der Waals surface area contributed by atoms with Gasteiger partial charge in [-0.1, -0.05) is 53.5 Å². The van der Waals surface area contributed by atoms with Gasteiger partial charge in [-0.05, 0) is 56.3 Å². The molecule has 2 N–H and O–H groups in total. The number of rotatable bonds is 9. The Balaban J connectivity index is 0.000000494. The zero-order valence-electron chi connectivity index (χ0n) is 21.9. The highest BCUT2D eigenvalue weighted by atomic mass is 35.5. The van der Waals surface area contributed by atoms with Crippen LogP contribution in [0.5, 0.6) is 0 Å². The lowest BCUT2D eigenvalue weighted by atomic mass is 9.91. The summed E-state index contributed by atoms with van der Waals surface area (Å²) in [5.74, 6) is 0. The fourth-order valence-electron chi connectivity index (χ4n) is 4.52. The Morgan fingerprint density at radius 3 is 2.45 bits per heavy atom. The van der Waals surface area contributed by atoms with Crippen LogP contribution in [-0.2, 0) is 16.9 Å². The van der Waals surface area contributed by atoms with E-state index < -0.39 is 11.8 Å². The van der Waals surface area contributed by atoms with Crippen LogP contribution in [0.2, 0.25) is 10.0 Å². The van der Waals surface area contributed by atoms with Crippen LogP contribution in [-0.4, -0.2) is 71.2 Å². The number of carbonyl (C=O) groups excluding carboxylic acids is 1. The molecule has 9 heteroatoms. The maximum absolute atomic E-state index is 11.9. The van der Waals surface area contributed by atoms with Gasteiger partial charge in [0.25, 0.3) is 0 Å². The van der Waals surface area contributed by atoms with Crippen LogP contribution in [0.25, 0.3) is 0 Å². The molecule has 1 aliphatic heterocycles. The first kappa shape index (κ1) is 30.2. The van der Waals surface area contributed by atoms with Gasteiger partial charge < -0.3 is 14.9 Å². The van der Waals surface area contributed by atoms with Crippen molar-refractivity contribution < 1.29 is 19.7 Å². The van der Waals surface area contributed by atoms with E-state index in [-0.39, 0.29) is 6.10 Å². The topological polar surface area (TPSA) is 86.1 Å². The summed E-state index contributed by atoms with van der Waals surface area (Å²) in [6, 6.07) is 18.4. The first-order valence-corrected chi connectivity index (χ1v) is 13.1. The number of aldehydes is 1. The van der Waals surface area contributed by atoms with E-state index in [4.69, 9.17) is 27.9 Å². The summed E-state index contributed by atoms with van der Waals surface area (Å²) < 4.78 is 5.70. The Bertz CT molecular complexity index is 1160. The fourth-order valence-corrected chi connectivity index (χ4v) is 4.77. The third kappa shape index (κ3) is 8.58. The van der Waals surface area contributed by atoms with Gasteiger partial charge in [0.05, 0.1) is 22.4 Å². The first-order valence-electron chi connectivity index (χ1n) is 12.4. The molecule has 0 saturated carbocycles. The van der Waals surface area contributed by atoms with E-state index in [2.05, 4.69) is 4.98 Å². The molecule has 1 fully saturated rings. The van der Waals surface area contributed by atoms with Crippen molar-refractivity contribution in [2.45, 2.75) is 37.8 Å². The molecule has 2 heterocycles. The summed E-state index contributed by atoms with van der Waals surface area (Å²) >= 11 is 11.4. The van der Waals surface area contributed by atoms with Crippen LogP contribution in [0.4, 0.5) is 0 Å². The summed E-state index contributed by atoms with van der Waals surface area (Å²) in [5, 5.41) is 22.2. The highest BCUT2D eigenvalue weighted by molar-refractivity contribution is 6.30. The maximum Gasteiger partial charge on any atom is 0.150 e. The largest absolute Gasteiger partial charge is 0.392 e. The summed E-state index contributed by atoms with van der Waals surface area (Å²) in [6.45, 7) is 3.91. The van der Waals surface area contributed by atoms with Gasteiger partial charge in [0, 0.05) is 55.6 Å². The molecule has 38 heavy (non-hydrogen) atoms. The minimum Gasteiger partial charge on any atom is -0.392 e. The minimum absolute atomic E-state index is 0.350. The Kier molecular flexibility index (Phi) is 11.2. The van der Waals surface area contributed by atoms with E-state index in [1.54, 1.807) is 32.4 Å². The Morgan fingerprint density at radius 1 is 1.18 bits per heavy atom. The number of benzene rings is 2. The number of pyridine rings is 1. The van der Waals surface area contributed by atoms with Crippen LogP contribution >= 0.6 is 23.2 Å². The Morgan fingerprint density at radius 2 is 1.92 bits per heavy atom. The quantitative estimate of drug-likeness (QED) is 0.283. The van der Waals surface area contributed by atoms with Crippen molar-refractivity contribution in [3.63, 3.8) is 0 Å². The summed E-state index contributed by atoms with van der Waals surface area (Å²) in [4.78, 5) is 20.2. The van der Waals surface area contributed by atoms with E-state index in [1.165, 1.54) is 0 Å². The molecule has 1 aliphatic rings. The average Bonchev–Trinajstić information content (AvgIpc) is 3.30. The molecule has 1 unspecified atom stereocenters. The standard InChI is InChI=1S/C23H30ClN3O4.C6H5Cl/c1-23(30,15-27-9-8-20(29)13-27)17-4-7-21(16(10-17)14-28)22(31-3)26(2)12-19-6-5-18(24)11-25-19;7-6-4-2-1-3-5-6/h4-7,10-11,14,20,22,29-30H,8-9,12-13,15H2,1-3H3;1-5H/t20-,22+,23?;/m0./s1. The second kappa shape index (κ2) is 14.1. The molecule has 0 amide bonds. The van der Waals surface area contributed by atoms with Crippen LogP contribution in [0, 0.1) is 0 Å². The molecule has 3 atom stereocenters. The van der Waals surface area contributed by atoms with Gasteiger partial charge in [-0.3, -0.25) is 19.6 Å². The smallest absolute Gasteiger partial charge is 0.150 e. The lowest BCUT2D eigenvalue weighted by Crippen LogP contribution is -2.38. The molecule has 2 aromatic carbocycles. The number of likely N-dealkylation sites (tertiary alicyclic amines) is 1. The molecule has 0 aliphatic carbocycles. The molecule has 204 valence electrons. The fraction of sp³-hybridized carbons (Fsp3) is 0.379. The van der Waals surface area contributed by atoms with Gasteiger partial charge in [-0.2, -0.15) is 0 Å². The predicted molar refractivity (Wildman–Crippen MR) is 150 cm³/mol. The second-order valence-corrected chi connectivity index (χ2v) is 10.6. The number of β-amino-alcohol motifs (C(OH)–C–C–N with tert-alkyl or cyclic N) is 2. The van der Waals surface area contributed by atoms with Gasteiger partial charge in [0.1, 0.15) is 12.5 Å². The molecule has 1 aromatic heterocycles. The molecule has 1 saturated heterocycles. The van der Waals surface area contributed by atoms with Crippen LogP contribution in [0.3, 0.4) is 0 Å². The van der Waals surface area contributed by atoms with E-state index in [1.807, 2.05) is 65.4 Å². The molecule has 4 rings (SSSR count). The van der Waals surface area contributed by atoms with Crippen LogP contribution in [0.15, 0.2) is 66.9 Å².